The summed E-state index contributed by atoms with van der Waals surface area (Å²) in [7, 11) is 3.66. The van der Waals surface area contributed by atoms with Crippen molar-refractivity contribution in [2.75, 3.05) is 53.7 Å². The third-order valence-electron chi connectivity index (χ3n) is 7.18. The van der Waals surface area contributed by atoms with Crippen LogP contribution in [0.4, 0.5) is 0 Å². The first kappa shape index (κ1) is 23.9. The molecular formula is C25H41N3O3. The molecule has 0 unspecified atom stereocenters. The first-order valence-corrected chi connectivity index (χ1v) is 11.9. The zero-order valence-electron chi connectivity index (χ0n) is 19.7. The summed E-state index contributed by atoms with van der Waals surface area (Å²) in [6.07, 6.45) is 8.30. The Morgan fingerprint density at radius 1 is 1.03 bits per heavy atom. The summed E-state index contributed by atoms with van der Waals surface area (Å²) >= 11 is 0. The minimum absolute atomic E-state index is 0.0434. The van der Waals surface area contributed by atoms with Gasteiger partial charge in [0.2, 0.25) is 0 Å². The molecule has 2 fully saturated rings. The van der Waals surface area contributed by atoms with E-state index in [4.69, 9.17) is 14.2 Å². The highest BCUT2D eigenvalue weighted by molar-refractivity contribution is 5.79. The Labute approximate surface area is 188 Å². The van der Waals surface area contributed by atoms with Crippen molar-refractivity contribution in [2.24, 2.45) is 10.4 Å². The zero-order valence-corrected chi connectivity index (χ0v) is 19.7. The number of methoxy groups -OCH3 is 1. The molecule has 1 aromatic carbocycles. The second kappa shape index (κ2) is 11.7. The molecule has 1 aromatic rings. The largest absolute Gasteiger partial charge is 0.494 e. The van der Waals surface area contributed by atoms with Crippen LogP contribution in [0.25, 0.3) is 0 Å². The van der Waals surface area contributed by atoms with Crippen molar-refractivity contribution in [3.8, 4) is 5.75 Å². The van der Waals surface area contributed by atoms with Crippen LogP contribution < -0.4 is 15.4 Å². The lowest BCUT2D eigenvalue weighted by Gasteiger charge is -2.38. The van der Waals surface area contributed by atoms with E-state index in [2.05, 4.69) is 39.9 Å². The van der Waals surface area contributed by atoms with Gasteiger partial charge in [-0.05, 0) is 62.1 Å². The number of hydrogen-bond donors (Lipinski definition) is 2. The maximum atomic E-state index is 5.70. The quantitative estimate of drug-likeness (QED) is 0.435. The molecule has 174 valence electrons. The van der Waals surface area contributed by atoms with E-state index in [0.29, 0.717) is 12.0 Å². The van der Waals surface area contributed by atoms with E-state index in [1.165, 1.54) is 31.2 Å². The van der Waals surface area contributed by atoms with E-state index in [1.807, 2.05) is 14.0 Å². The van der Waals surface area contributed by atoms with Gasteiger partial charge in [-0.2, -0.15) is 0 Å². The molecule has 2 N–H and O–H groups in total. The van der Waals surface area contributed by atoms with Crippen LogP contribution in [0.1, 0.15) is 57.4 Å². The van der Waals surface area contributed by atoms with Gasteiger partial charge in [-0.1, -0.05) is 25.0 Å². The van der Waals surface area contributed by atoms with Crippen molar-refractivity contribution in [3.63, 3.8) is 0 Å². The van der Waals surface area contributed by atoms with Gasteiger partial charge < -0.3 is 24.8 Å². The van der Waals surface area contributed by atoms with Crippen molar-refractivity contribution in [1.82, 2.24) is 10.6 Å². The Kier molecular flexibility index (Phi) is 9.02. The minimum atomic E-state index is 0.0434. The number of benzene rings is 1. The summed E-state index contributed by atoms with van der Waals surface area (Å²) in [6, 6.07) is 8.60. The van der Waals surface area contributed by atoms with Crippen LogP contribution in [0, 0.1) is 5.41 Å². The predicted octanol–water partition coefficient (Wildman–Crippen LogP) is 3.90. The summed E-state index contributed by atoms with van der Waals surface area (Å²) in [5.74, 6) is 1.82. The molecule has 0 atom stereocenters. The van der Waals surface area contributed by atoms with Gasteiger partial charge in [0.25, 0.3) is 0 Å². The standard InChI is InChI=1S/C25H41N3O3/c1-4-31-22-9-7-21(8-10-22)25(14-17-30-18-15-25)20-28-23(26-2)27-19-24(13-16-29-3)11-5-6-12-24/h7-10H,4-6,11-20H2,1-3H3,(H2,26,27,28). The van der Waals surface area contributed by atoms with E-state index < -0.39 is 0 Å². The van der Waals surface area contributed by atoms with Crippen molar-refractivity contribution in [1.29, 1.82) is 0 Å². The fourth-order valence-corrected chi connectivity index (χ4v) is 5.10. The van der Waals surface area contributed by atoms with Crippen LogP contribution in [0.2, 0.25) is 0 Å². The van der Waals surface area contributed by atoms with Crippen molar-refractivity contribution >= 4 is 5.96 Å². The van der Waals surface area contributed by atoms with Crippen LogP contribution >= 0.6 is 0 Å². The molecule has 0 aromatic heterocycles. The Morgan fingerprint density at radius 2 is 1.71 bits per heavy atom. The van der Waals surface area contributed by atoms with E-state index in [-0.39, 0.29) is 5.41 Å². The maximum absolute atomic E-state index is 5.70. The van der Waals surface area contributed by atoms with Gasteiger partial charge in [0.05, 0.1) is 6.61 Å². The summed E-state index contributed by atoms with van der Waals surface area (Å²) in [5.41, 5.74) is 1.72. The van der Waals surface area contributed by atoms with Gasteiger partial charge in [0.15, 0.2) is 5.96 Å². The average Bonchev–Trinajstić information content (AvgIpc) is 3.28. The Bertz CT molecular complexity index is 678. The lowest BCUT2D eigenvalue weighted by molar-refractivity contribution is 0.0513. The smallest absolute Gasteiger partial charge is 0.191 e. The van der Waals surface area contributed by atoms with E-state index in [1.54, 1.807) is 7.11 Å². The minimum Gasteiger partial charge on any atom is -0.494 e. The van der Waals surface area contributed by atoms with E-state index >= 15 is 0 Å². The first-order valence-electron chi connectivity index (χ1n) is 11.9. The van der Waals surface area contributed by atoms with Crippen LogP contribution in [0.5, 0.6) is 5.75 Å². The monoisotopic (exact) mass is 431 g/mol. The van der Waals surface area contributed by atoms with Gasteiger partial charge >= 0.3 is 0 Å². The molecule has 6 heteroatoms. The van der Waals surface area contributed by atoms with Crippen LogP contribution in [0.3, 0.4) is 0 Å². The lowest BCUT2D eigenvalue weighted by atomic mass is 9.74. The molecule has 3 rings (SSSR count). The summed E-state index contributed by atoms with van der Waals surface area (Å²) in [5, 5.41) is 7.26. The molecule has 1 aliphatic carbocycles. The number of nitrogens with zero attached hydrogens (tertiary/aromatic N) is 1. The van der Waals surface area contributed by atoms with Crippen LogP contribution in [-0.2, 0) is 14.9 Å². The lowest BCUT2D eigenvalue weighted by Crippen LogP contribution is -2.49. The number of ether oxygens (including phenoxy) is 3. The molecule has 1 saturated heterocycles. The van der Waals surface area contributed by atoms with Gasteiger partial charge in [-0.3, -0.25) is 4.99 Å². The Hall–Kier alpha value is -1.79. The van der Waals surface area contributed by atoms with Crippen molar-refractivity contribution in [3.05, 3.63) is 29.8 Å². The highest BCUT2D eigenvalue weighted by Gasteiger charge is 2.36. The normalized spacial score (nSPS) is 20.4. The third-order valence-corrected chi connectivity index (χ3v) is 7.18. The summed E-state index contributed by atoms with van der Waals surface area (Å²) in [4.78, 5) is 4.52. The number of guanidine groups is 1. The first-order chi connectivity index (χ1) is 15.2. The average molecular weight is 432 g/mol. The number of hydrogen-bond acceptors (Lipinski definition) is 4. The Balaban J connectivity index is 1.63. The molecule has 1 aliphatic heterocycles. The highest BCUT2D eigenvalue weighted by Crippen LogP contribution is 2.40. The van der Waals surface area contributed by atoms with Crippen molar-refractivity contribution < 1.29 is 14.2 Å². The molecule has 0 spiro atoms. The molecule has 2 aliphatic rings. The number of aliphatic imine (C=N–C) groups is 1. The Morgan fingerprint density at radius 3 is 2.32 bits per heavy atom. The van der Waals surface area contributed by atoms with E-state index in [9.17, 15) is 0 Å². The fraction of sp³-hybridized carbons (Fsp3) is 0.720. The summed E-state index contributed by atoms with van der Waals surface area (Å²) < 4.78 is 16.7. The van der Waals surface area contributed by atoms with Crippen LogP contribution in [-0.4, -0.2) is 59.6 Å². The number of rotatable bonds is 10. The van der Waals surface area contributed by atoms with Gasteiger partial charge in [0.1, 0.15) is 5.75 Å². The molecule has 0 amide bonds. The number of nitrogens with one attached hydrogen (secondary N) is 2. The summed E-state index contributed by atoms with van der Waals surface area (Å²) in [6.45, 7) is 6.91. The third kappa shape index (κ3) is 6.36. The van der Waals surface area contributed by atoms with E-state index in [0.717, 1.165) is 63.9 Å². The second-order valence-electron chi connectivity index (χ2n) is 9.08. The SMILES string of the molecule is CCOc1ccc(C2(CNC(=NC)NCC3(CCOC)CCCC3)CCOCC2)cc1. The molecule has 31 heavy (non-hydrogen) atoms. The second-order valence-corrected chi connectivity index (χ2v) is 9.08. The topological polar surface area (TPSA) is 64.1 Å². The molecule has 6 nitrogen and oxygen atoms in total. The predicted molar refractivity (Wildman–Crippen MR) is 126 cm³/mol. The molecular weight excluding hydrogens is 390 g/mol. The highest BCUT2D eigenvalue weighted by atomic mass is 16.5. The van der Waals surface area contributed by atoms with Crippen molar-refractivity contribution in [2.45, 2.75) is 57.3 Å². The van der Waals surface area contributed by atoms with Crippen LogP contribution in [0.15, 0.2) is 29.3 Å². The van der Waals surface area contributed by atoms with Gasteiger partial charge in [-0.25, -0.2) is 0 Å². The molecule has 1 saturated carbocycles. The van der Waals surface area contributed by atoms with Gasteiger partial charge in [0, 0.05) is 52.5 Å². The maximum Gasteiger partial charge on any atom is 0.191 e. The molecule has 1 heterocycles. The molecule has 0 radical (unpaired) electrons. The fourth-order valence-electron chi connectivity index (χ4n) is 5.10. The zero-order chi connectivity index (χ0) is 22.0. The van der Waals surface area contributed by atoms with Gasteiger partial charge in [-0.15, -0.1) is 0 Å². The molecule has 0 bridgehead atoms.